The molecular weight excluding hydrogens is 304 g/mol. The first kappa shape index (κ1) is 18.3. The van der Waals surface area contributed by atoms with Crippen molar-refractivity contribution in [2.24, 2.45) is 5.92 Å². The fourth-order valence-corrected chi connectivity index (χ4v) is 3.11. The SMILES string of the molecule is CCOc1ccc(C(=O)NCC(=O)NCCCC2CCCC2)cc1. The van der Waals surface area contributed by atoms with Gasteiger partial charge in [-0.25, -0.2) is 0 Å². The Labute approximate surface area is 144 Å². The first-order valence-corrected chi connectivity index (χ1v) is 8.96. The Balaban J connectivity index is 1.60. The average molecular weight is 332 g/mol. The lowest BCUT2D eigenvalue weighted by Crippen LogP contribution is -2.37. The van der Waals surface area contributed by atoms with E-state index < -0.39 is 0 Å². The van der Waals surface area contributed by atoms with E-state index in [0.29, 0.717) is 18.7 Å². The molecule has 24 heavy (non-hydrogen) atoms. The molecular formula is C19H28N2O3. The molecule has 1 aliphatic rings. The fraction of sp³-hybridized carbons (Fsp3) is 0.579. The van der Waals surface area contributed by atoms with E-state index in [1.54, 1.807) is 24.3 Å². The minimum atomic E-state index is -0.251. The van der Waals surface area contributed by atoms with Gasteiger partial charge in [-0.3, -0.25) is 9.59 Å². The van der Waals surface area contributed by atoms with E-state index in [-0.39, 0.29) is 18.4 Å². The second-order valence-corrected chi connectivity index (χ2v) is 6.28. The zero-order valence-corrected chi connectivity index (χ0v) is 14.5. The van der Waals surface area contributed by atoms with Crippen molar-refractivity contribution in [2.45, 2.75) is 45.4 Å². The summed E-state index contributed by atoms with van der Waals surface area (Å²) in [7, 11) is 0. The van der Waals surface area contributed by atoms with E-state index >= 15 is 0 Å². The van der Waals surface area contributed by atoms with Crippen LogP contribution < -0.4 is 15.4 Å². The molecule has 132 valence electrons. The Morgan fingerprint density at radius 2 is 1.83 bits per heavy atom. The van der Waals surface area contributed by atoms with Crippen LogP contribution in [-0.4, -0.2) is 31.5 Å². The third kappa shape index (κ3) is 6.22. The van der Waals surface area contributed by atoms with Gasteiger partial charge >= 0.3 is 0 Å². The predicted octanol–water partition coefficient (Wildman–Crippen LogP) is 2.90. The second-order valence-electron chi connectivity index (χ2n) is 6.28. The number of hydrogen-bond donors (Lipinski definition) is 2. The number of carbonyl (C=O) groups excluding carboxylic acids is 2. The highest BCUT2D eigenvalue weighted by molar-refractivity contribution is 5.96. The van der Waals surface area contributed by atoms with Crippen LogP contribution in [0.15, 0.2) is 24.3 Å². The molecule has 0 unspecified atom stereocenters. The summed E-state index contributed by atoms with van der Waals surface area (Å²) in [6.45, 7) is 3.20. The Morgan fingerprint density at radius 1 is 1.12 bits per heavy atom. The molecule has 0 radical (unpaired) electrons. The van der Waals surface area contributed by atoms with Gasteiger partial charge in [0.15, 0.2) is 0 Å². The maximum absolute atomic E-state index is 12.0. The normalized spacial score (nSPS) is 14.4. The first-order chi connectivity index (χ1) is 11.7. The highest BCUT2D eigenvalue weighted by Crippen LogP contribution is 2.28. The van der Waals surface area contributed by atoms with Crippen LogP contribution in [0.25, 0.3) is 0 Å². The molecule has 1 aliphatic carbocycles. The lowest BCUT2D eigenvalue weighted by Gasteiger charge is -2.10. The molecule has 1 saturated carbocycles. The van der Waals surface area contributed by atoms with Crippen LogP contribution in [-0.2, 0) is 4.79 Å². The van der Waals surface area contributed by atoms with Crippen molar-refractivity contribution in [3.8, 4) is 5.75 Å². The molecule has 0 aliphatic heterocycles. The molecule has 0 heterocycles. The van der Waals surface area contributed by atoms with Crippen LogP contribution in [0.1, 0.15) is 55.8 Å². The quantitative estimate of drug-likeness (QED) is 0.683. The third-order valence-corrected chi connectivity index (χ3v) is 4.42. The van der Waals surface area contributed by atoms with Crippen LogP contribution in [0.2, 0.25) is 0 Å². The van der Waals surface area contributed by atoms with E-state index in [0.717, 1.165) is 18.1 Å². The van der Waals surface area contributed by atoms with Crippen LogP contribution in [0, 0.1) is 5.92 Å². The molecule has 5 nitrogen and oxygen atoms in total. The number of ether oxygens (including phenoxy) is 1. The van der Waals surface area contributed by atoms with Gasteiger partial charge < -0.3 is 15.4 Å². The Bertz CT molecular complexity index is 522. The molecule has 0 saturated heterocycles. The Hall–Kier alpha value is -2.04. The average Bonchev–Trinajstić information content (AvgIpc) is 3.11. The lowest BCUT2D eigenvalue weighted by molar-refractivity contribution is -0.120. The second kappa shape index (κ2) is 9.96. The van der Waals surface area contributed by atoms with Crippen LogP contribution >= 0.6 is 0 Å². The number of nitrogens with one attached hydrogen (secondary N) is 2. The van der Waals surface area contributed by atoms with Crippen molar-refractivity contribution < 1.29 is 14.3 Å². The summed E-state index contributed by atoms with van der Waals surface area (Å²) in [6, 6.07) is 6.89. The maximum Gasteiger partial charge on any atom is 0.251 e. The number of amides is 2. The van der Waals surface area contributed by atoms with Gasteiger partial charge in [0, 0.05) is 12.1 Å². The molecule has 2 N–H and O–H groups in total. The number of benzene rings is 1. The first-order valence-electron chi connectivity index (χ1n) is 8.96. The molecule has 1 fully saturated rings. The molecule has 0 bridgehead atoms. The van der Waals surface area contributed by atoms with Gasteiger partial charge in [-0.15, -0.1) is 0 Å². The van der Waals surface area contributed by atoms with Crippen molar-refractivity contribution in [3.05, 3.63) is 29.8 Å². The minimum Gasteiger partial charge on any atom is -0.494 e. The summed E-state index contributed by atoms with van der Waals surface area (Å²) in [6.07, 6.45) is 7.60. The largest absolute Gasteiger partial charge is 0.494 e. The topological polar surface area (TPSA) is 67.4 Å². The molecule has 0 atom stereocenters. The van der Waals surface area contributed by atoms with Gasteiger partial charge in [0.25, 0.3) is 5.91 Å². The monoisotopic (exact) mass is 332 g/mol. The van der Waals surface area contributed by atoms with Gasteiger partial charge in [-0.1, -0.05) is 25.7 Å². The fourth-order valence-electron chi connectivity index (χ4n) is 3.11. The summed E-state index contributed by atoms with van der Waals surface area (Å²) in [4.78, 5) is 23.8. The van der Waals surface area contributed by atoms with E-state index in [4.69, 9.17) is 4.74 Å². The summed E-state index contributed by atoms with van der Waals surface area (Å²) < 4.78 is 5.33. The Kier molecular flexibility index (Phi) is 7.59. The van der Waals surface area contributed by atoms with Gasteiger partial charge in [0.2, 0.25) is 5.91 Å². The predicted molar refractivity (Wildman–Crippen MR) is 94.1 cm³/mol. The highest BCUT2D eigenvalue weighted by atomic mass is 16.5. The van der Waals surface area contributed by atoms with E-state index in [1.807, 2.05) is 6.92 Å². The zero-order valence-electron chi connectivity index (χ0n) is 14.5. The number of hydrogen-bond acceptors (Lipinski definition) is 3. The lowest BCUT2D eigenvalue weighted by atomic mass is 10.0. The summed E-state index contributed by atoms with van der Waals surface area (Å²) >= 11 is 0. The molecule has 0 spiro atoms. The van der Waals surface area contributed by atoms with Crippen molar-refractivity contribution in [2.75, 3.05) is 19.7 Å². The Morgan fingerprint density at radius 3 is 2.50 bits per heavy atom. The zero-order chi connectivity index (χ0) is 17.2. The maximum atomic E-state index is 12.0. The van der Waals surface area contributed by atoms with Crippen molar-refractivity contribution in [1.82, 2.24) is 10.6 Å². The summed E-state index contributed by atoms with van der Waals surface area (Å²) in [5, 5.41) is 5.51. The van der Waals surface area contributed by atoms with E-state index in [1.165, 1.54) is 32.1 Å². The van der Waals surface area contributed by atoms with Crippen LogP contribution in [0.4, 0.5) is 0 Å². The van der Waals surface area contributed by atoms with Crippen LogP contribution in [0.3, 0.4) is 0 Å². The minimum absolute atomic E-state index is 0.00940. The van der Waals surface area contributed by atoms with Crippen molar-refractivity contribution in [3.63, 3.8) is 0 Å². The molecule has 0 aromatic heterocycles. The molecule has 1 aromatic carbocycles. The standard InChI is InChI=1S/C19H28N2O3/c1-2-24-17-11-9-16(10-12-17)19(23)21-14-18(22)20-13-5-8-15-6-3-4-7-15/h9-12,15H,2-8,13-14H2,1H3,(H,20,22)(H,21,23). The van der Waals surface area contributed by atoms with E-state index in [9.17, 15) is 9.59 Å². The van der Waals surface area contributed by atoms with Crippen molar-refractivity contribution >= 4 is 11.8 Å². The summed E-state index contributed by atoms with van der Waals surface area (Å²) in [5.74, 6) is 1.19. The molecule has 1 aromatic rings. The number of rotatable bonds is 9. The van der Waals surface area contributed by atoms with Crippen molar-refractivity contribution in [1.29, 1.82) is 0 Å². The molecule has 2 rings (SSSR count). The van der Waals surface area contributed by atoms with E-state index in [2.05, 4.69) is 10.6 Å². The molecule has 5 heteroatoms. The van der Waals surface area contributed by atoms with Crippen LogP contribution in [0.5, 0.6) is 5.75 Å². The van der Waals surface area contributed by atoms with Gasteiger partial charge in [-0.05, 0) is 49.9 Å². The smallest absolute Gasteiger partial charge is 0.251 e. The van der Waals surface area contributed by atoms with Gasteiger partial charge in [0.05, 0.1) is 13.2 Å². The van der Waals surface area contributed by atoms with Gasteiger partial charge in [0.1, 0.15) is 5.75 Å². The number of carbonyl (C=O) groups is 2. The van der Waals surface area contributed by atoms with Gasteiger partial charge in [-0.2, -0.15) is 0 Å². The molecule has 2 amide bonds. The summed E-state index contributed by atoms with van der Waals surface area (Å²) in [5.41, 5.74) is 0.521. The highest BCUT2D eigenvalue weighted by Gasteiger charge is 2.14. The third-order valence-electron chi connectivity index (χ3n) is 4.42.